The van der Waals surface area contributed by atoms with Crippen LogP contribution in [0.1, 0.15) is 33.1 Å². The average Bonchev–Trinajstić information content (AvgIpc) is 2.92. The van der Waals surface area contributed by atoms with Crippen LogP contribution in [0, 0.1) is 20.8 Å². The van der Waals surface area contributed by atoms with E-state index < -0.39 is 0 Å². The number of hydrogen-bond acceptors (Lipinski definition) is 4. The van der Waals surface area contributed by atoms with Crippen LogP contribution in [-0.4, -0.2) is 27.0 Å². The second kappa shape index (κ2) is 7.09. The van der Waals surface area contributed by atoms with Crippen molar-refractivity contribution >= 4 is 17.8 Å². The Kier molecular flexibility index (Phi) is 4.70. The van der Waals surface area contributed by atoms with Crippen molar-refractivity contribution in [2.75, 3.05) is 5.32 Å². The number of nitrogens with one attached hydrogen (secondary N) is 1. The first kappa shape index (κ1) is 16.6. The number of rotatable bonds is 4. The predicted molar refractivity (Wildman–Crippen MR) is 98.1 cm³/mol. The summed E-state index contributed by atoms with van der Waals surface area (Å²) in [7, 11) is 0. The van der Waals surface area contributed by atoms with Crippen molar-refractivity contribution in [1.82, 2.24) is 14.9 Å². The first-order chi connectivity index (χ1) is 12.0. The predicted octanol–water partition coefficient (Wildman–Crippen LogP) is 3.34. The molecule has 1 heterocycles. The zero-order chi connectivity index (χ0) is 17.8. The average molecular weight is 333 g/mol. The number of aryl methyl sites for hydroxylation is 3. The van der Waals surface area contributed by atoms with Crippen LogP contribution < -0.4 is 5.32 Å². The van der Waals surface area contributed by atoms with Gasteiger partial charge in [-0.1, -0.05) is 29.8 Å². The summed E-state index contributed by atoms with van der Waals surface area (Å²) in [5.74, 6) is 1.30. The molecule has 0 aliphatic carbocycles. The van der Waals surface area contributed by atoms with Crippen molar-refractivity contribution < 1.29 is 4.79 Å². The number of benzene rings is 2. The molecule has 0 saturated heterocycles. The molecule has 6 nitrogen and oxygen atoms in total. The van der Waals surface area contributed by atoms with Gasteiger partial charge in [0.05, 0.1) is 6.21 Å². The topological polar surface area (TPSA) is 72.2 Å². The summed E-state index contributed by atoms with van der Waals surface area (Å²) in [6, 6.07) is 15.0. The molecule has 3 aromatic rings. The van der Waals surface area contributed by atoms with Gasteiger partial charge >= 0.3 is 0 Å². The quantitative estimate of drug-likeness (QED) is 0.744. The van der Waals surface area contributed by atoms with Gasteiger partial charge in [0, 0.05) is 11.3 Å². The molecule has 1 amide bonds. The van der Waals surface area contributed by atoms with Gasteiger partial charge in [-0.25, -0.2) is 4.68 Å². The highest BCUT2D eigenvalue weighted by atomic mass is 16.1. The maximum Gasteiger partial charge on any atom is 0.255 e. The molecule has 1 N–H and O–H groups in total. The fraction of sp³-hybridized carbons (Fsp3) is 0.158. The van der Waals surface area contributed by atoms with Crippen molar-refractivity contribution in [3.8, 4) is 0 Å². The van der Waals surface area contributed by atoms with E-state index in [1.54, 1.807) is 10.9 Å². The highest BCUT2D eigenvalue weighted by Crippen LogP contribution is 2.12. The third-order valence-electron chi connectivity index (χ3n) is 3.73. The van der Waals surface area contributed by atoms with Gasteiger partial charge in [-0.3, -0.25) is 4.79 Å². The van der Waals surface area contributed by atoms with E-state index in [9.17, 15) is 4.79 Å². The fourth-order valence-electron chi connectivity index (χ4n) is 2.36. The highest BCUT2D eigenvalue weighted by molar-refractivity contribution is 6.04. The molecule has 0 saturated carbocycles. The number of amides is 1. The van der Waals surface area contributed by atoms with E-state index in [0.29, 0.717) is 11.3 Å². The Morgan fingerprint density at radius 2 is 1.72 bits per heavy atom. The van der Waals surface area contributed by atoms with E-state index in [4.69, 9.17) is 0 Å². The van der Waals surface area contributed by atoms with Crippen LogP contribution in [0.25, 0.3) is 0 Å². The maximum absolute atomic E-state index is 12.3. The van der Waals surface area contributed by atoms with Gasteiger partial charge in [0.25, 0.3) is 5.91 Å². The molecule has 0 radical (unpaired) electrons. The zero-order valence-corrected chi connectivity index (χ0v) is 14.4. The van der Waals surface area contributed by atoms with Gasteiger partial charge in [0.1, 0.15) is 0 Å². The molecule has 126 valence electrons. The maximum atomic E-state index is 12.3. The first-order valence-corrected chi connectivity index (χ1v) is 7.94. The lowest BCUT2D eigenvalue weighted by atomic mass is 10.1. The minimum atomic E-state index is -0.139. The number of aromatic nitrogens is 3. The Morgan fingerprint density at radius 3 is 2.40 bits per heavy atom. The third-order valence-corrected chi connectivity index (χ3v) is 3.73. The summed E-state index contributed by atoms with van der Waals surface area (Å²) >= 11 is 0. The second-order valence-corrected chi connectivity index (χ2v) is 5.80. The van der Waals surface area contributed by atoms with Crippen LogP contribution >= 0.6 is 0 Å². The lowest BCUT2D eigenvalue weighted by Crippen LogP contribution is -2.11. The van der Waals surface area contributed by atoms with E-state index in [0.717, 1.165) is 22.8 Å². The molecule has 0 bridgehead atoms. The molecule has 0 spiro atoms. The van der Waals surface area contributed by atoms with Gasteiger partial charge in [-0.15, -0.1) is 10.2 Å². The molecule has 0 fully saturated rings. The summed E-state index contributed by atoms with van der Waals surface area (Å²) in [5, 5.41) is 15.2. The fourth-order valence-corrected chi connectivity index (χ4v) is 2.36. The Morgan fingerprint density at radius 1 is 1.04 bits per heavy atom. The lowest BCUT2D eigenvalue weighted by molar-refractivity contribution is 0.102. The summed E-state index contributed by atoms with van der Waals surface area (Å²) in [5.41, 5.74) is 3.33. The van der Waals surface area contributed by atoms with E-state index in [1.807, 2.05) is 69.3 Å². The summed E-state index contributed by atoms with van der Waals surface area (Å²) in [4.78, 5) is 12.3. The standard InChI is InChI=1S/C19H19N5O/c1-13-7-9-17(10-8-13)19(25)21-18-6-4-5-16(11-18)12-20-24-14(2)22-23-15(24)3/h4-12H,1-3H3,(H,21,25). The highest BCUT2D eigenvalue weighted by Gasteiger charge is 2.06. The van der Waals surface area contributed by atoms with Gasteiger partial charge < -0.3 is 5.32 Å². The van der Waals surface area contributed by atoms with Crippen molar-refractivity contribution in [1.29, 1.82) is 0 Å². The molecular formula is C19H19N5O. The van der Waals surface area contributed by atoms with Crippen LogP contribution in [-0.2, 0) is 0 Å². The molecule has 2 aromatic carbocycles. The van der Waals surface area contributed by atoms with Crippen LogP contribution in [0.2, 0.25) is 0 Å². The minimum absolute atomic E-state index is 0.139. The largest absolute Gasteiger partial charge is 0.322 e. The summed E-state index contributed by atoms with van der Waals surface area (Å²) in [6.07, 6.45) is 1.71. The second-order valence-electron chi connectivity index (χ2n) is 5.80. The van der Waals surface area contributed by atoms with Crippen molar-refractivity contribution in [3.63, 3.8) is 0 Å². The molecule has 0 atom stereocenters. The van der Waals surface area contributed by atoms with E-state index in [1.165, 1.54) is 0 Å². The summed E-state index contributed by atoms with van der Waals surface area (Å²) in [6.45, 7) is 5.68. The number of carbonyl (C=O) groups is 1. The Balaban J connectivity index is 1.75. The number of carbonyl (C=O) groups excluding carboxylic acids is 1. The van der Waals surface area contributed by atoms with Gasteiger partial charge in [0.15, 0.2) is 11.6 Å². The smallest absolute Gasteiger partial charge is 0.255 e. The van der Waals surface area contributed by atoms with Crippen LogP contribution in [0.3, 0.4) is 0 Å². The van der Waals surface area contributed by atoms with Crippen LogP contribution in [0.5, 0.6) is 0 Å². The van der Waals surface area contributed by atoms with Crippen molar-refractivity contribution in [3.05, 3.63) is 76.9 Å². The van der Waals surface area contributed by atoms with Crippen molar-refractivity contribution in [2.24, 2.45) is 5.10 Å². The molecule has 1 aromatic heterocycles. The summed E-state index contributed by atoms with van der Waals surface area (Å²) < 4.78 is 1.66. The lowest BCUT2D eigenvalue weighted by Gasteiger charge is -2.06. The zero-order valence-electron chi connectivity index (χ0n) is 14.4. The van der Waals surface area contributed by atoms with Crippen LogP contribution in [0.4, 0.5) is 5.69 Å². The molecule has 3 rings (SSSR count). The minimum Gasteiger partial charge on any atom is -0.322 e. The third kappa shape index (κ3) is 3.98. The van der Waals surface area contributed by atoms with Crippen molar-refractivity contribution in [2.45, 2.75) is 20.8 Å². The van der Waals surface area contributed by atoms with Gasteiger partial charge in [-0.2, -0.15) is 5.10 Å². The molecule has 0 unspecified atom stereocenters. The molecule has 0 aliphatic rings. The molecule has 6 heteroatoms. The normalized spacial score (nSPS) is 11.0. The molecular weight excluding hydrogens is 314 g/mol. The van der Waals surface area contributed by atoms with Gasteiger partial charge in [-0.05, 0) is 50.6 Å². The van der Waals surface area contributed by atoms with E-state index >= 15 is 0 Å². The first-order valence-electron chi connectivity index (χ1n) is 7.94. The van der Waals surface area contributed by atoms with Gasteiger partial charge in [0.2, 0.25) is 0 Å². The molecule has 25 heavy (non-hydrogen) atoms. The Hall–Kier alpha value is -3.28. The Bertz CT molecular complexity index is 906. The van der Waals surface area contributed by atoms with E-state index in [-0.39, 0.29) is 5.91 Å². The van der Waals surface area contributed by atoms with E-state index in [2.05, 4.69) is 20.6 Å². The SMILES string of the molecule is Cc1ccc(C(=O)Nc2cccc(C=Nn3c(C)nnc3C)c2)cc1. The van der Waals surface area contributed by atoms with Crippen LogP contribution in [0.15, 0.2) is 53.6 Å². The number of hydrogen-bond donors (Lipinski definition) is 1. The number of anilines is 1. The monoisotopic (exact) mass is 333 g/mol. The number of nitrogens with zero attached hydrogens (tertiary/aromatic N) is 4. The Labute approximate surface area is 146 Å². The molecule has 0 aliphatic heterocycles.